The van der Waals surface area contributed by atoms with Gasteiger partial charge in [0.05, 0.1) is 41.3 Å². The van der Waals surface area contributed by atoms with Gasteiger partial charge in [0.1, 0.15) is 29.7 Å². The number of alkyl halides is 5. The minimum atomic E-state index is -5.06. The number of hydrogen-bond donors (Lipinski definition) is 1. The SMILES string of the molecule is CC(=O)c1cc(-c2cc3sc(N4CC(C)N(C5COC5)C(C)C4)nc3nc2[C@H](Cc2cc(F)cc(F)c2)NC(=O)Cn2nc(C(F)(F)F)c3c2C(F)(F)[C@@H]2C[C@H]32)ccc1F. The first-order valence-corrected chi connectivity index (χ1v) is 20.2. The Labute approximate surface area is 341 Å². The summed E-state index contributed by atoms with van der Waals surface area (Å²) in [5.41, 5.74) is -2.46. The molecule has 4 aliphatic rings. The maximum absolute atomic E-state index is 15.4. The van der Waals surface area contributed by atoms with E-state index in [9.17, 15) is 35.9 Å². The number of fused-ring (bicyclic) bond motifs is 4. The fourth-order valence-electron chi connectivity index (χ4n) is 9.22. The van der Waals surface area contributed by atoms with Gasteiger partial charge in [0.2, 0.25) is 5.91 Å². The molecule has 3 aromatic heterocycles. The second-order valence-electron chi connectivity index (χ2n) is 16.2. The van der Waals surface area contributed by atoms with Crippen LogP contribution >= 0.6 is 11.3 Å². The summed E-state index contributed by atoms with van der Waals surface area (Å²) < 4.78 is 124. The number of halogens is 8. The van der Waals surface area contributed by atoms with E-state index in [-0.39, 0.29) is 58.5 Å². The first kappa shape index (κ1) is 40.4. The van der Waals surface area contributed by atoms with Crippen molar-refractivity contribution in [2.24, 2.45) is 5.92 Å². The summed E-state index contributed by atoms with van der Waals surface area (Å²) >= 11 is 1.33. The van der Waals surface area contributed by atoms with Crippen LogP contribution in [0.3, 0.4) is 0 Å². The number of carbonyl (C=O) groups excluding carboxylic acids is 2. The quantitative estimate of drug-likeness (QED) is 0.112. The van der Waals surface area contributed by atoms with Gasteiger partial charge in [-0.3, -0.25) is 19.2 Å². The molecule has 19 heteroatoms. The molecule has 2 unspecified atom stereocenters. The first-order chi connectivity index (χ1) is 28.4. The third kappa shape index (κ3) is 7.10. The van der Waals surface area contributed by atoms with E-state index in [0.717, 1.165) is 18.2 Å². The van der Waals surface area contributed by atoms with Crippen LogP contribution in [0.2, 0.25) is 0 Å². The van der Waals surface area contributed by atoms with Crippen LogP contribution in [0.1, 0.15) is 77.7 Å². The Morgan fingerprint density at radius 2 is 1.70 bits per heavy atom. The first-order valence-electron chi connectivity index (χ1n) is 19.4. The van der Waals surface area contributed by atoms with Gasteiger partial charge in [-0.15, -0.1) is 0 Å². The highest BCUT2D eigenvalue weighted by Crippen LogP contribution is 2.68. The zero-order chi connectivity index (χ0) is 42.6. The maximum Gasteiger partial charge on any atom is 0.435 e. The van der Waals surface area contributed by atoms with Gasteiger partial charge >= 0.3 is 6.18 Å². The molecule has 1 saturated carbocycles. The molecule has 2 aliphatic carbocycles. The lowest BCUT2D eigenvalue weighted by atomic mass is 9.94. The van der Waals surface area contributed by atoms with Crippen LogP contribution in [-0.4, -0.2) is 80.8 Å². The number of hydrogen-bond acceptors (Lipinski definition) is 9. The highest BCUT2D eigenvalue weighted by Gasteiger charge is 2.68. The van der Waals surface area contributed by atoms with Crippen molar-refractivity contribution in [2.75, 3.05) is 31.2 Å². The van der Waals surface area contributed by atoms with Crippen molar-refractivity contribution in [3.63, 3.8) is 0 Å². The second-order valence-corrected chi connectivity index (χ2v) is 17.2. The van der Waals surface area contributed by atoms with Gasteiger partial charge in [0.15, 0.2) is 22.3 Å². The van der Waals surface area contributed by atoms with Crippen molar-refractivity contribution in [3.8, 4) is 11.1 Å². The molecule has 5 atom stereocenters. The van der Waals surface area contributed by atoms with Crippen LogP contribution < -0.4 is 10.2 Å². The smallest absolute Gasteiger partial charge is 0.378 e. The Morgan fingerprint density at radius 3 is 2.33 bits per heavy atom. The van der Waals surface area contributed by atoms with Crippen LogP contribution in [0, 0.1) is 23.4 Å². The molecule has 0 spiro atoms. The molecule has 5 heterocycles. The summed E-state index contributed by atoms with van der Waals surface area (Å²) in [5.74, 6) is -10.3. The van der Waals surface area contributed by atoms with Gasteiger partial charge in [0.25, 0.3) is 5.92 Å². The van der Waals surface area contributed by atoms with Gasteiger partial charge in [-0.2, -0.15) is 32.0 Å². The van der Waals surface area contributed by atoms with Crippen LogP contribution in [-0.2, 0) is 34.6 Å². The number of nitrogens with zero attached hydrogens (tertiary/aromatic N) is 6. The molecule has 9 rings (SSSR count). The molecule has 0 bridgehead atoms. The molecule has 2 aromatic carbocycles. The Balaban J connectivity index is 1.13. The number of nitrogens with one attached hydrogen (secondary N) is 1. The van der Waals surface area contributed by atoms with E-state index in [1.807, 2.05) is 0 Å². The minimum absolute atomic E-state index is 0.0387. The third-order valence-electron chi connectivity index (χ3n) is 11.9. The fraction of sp³-hybridized carbons (Fsp3) is 0.439. The highest BCUT2D eigenvalue weighted by molar-refractivity contribution is 7.22. The second kappa shape index (κ2) is 14.6. The summed E-state index contributed by atoms with van der Waals surface area (Å²) in [6, 6.07) is 7.45. The Hall–Kier alpha value is -5.01. The van der Waals surface area contributed by atoms with Crippen LogP contribution in [0.25, 0.3) is 21.5 Å². The zero-order valence-electron chi connectivity index (χ0n) is 32.3. The van der Waals surface area contributed by atoms with Crippen molar-refractivity contribution >= 4 is 38.5 Å². The number of pyridine rings is 1. The number of ketones is 1. The van der Waals surface area contributed by atoms with E-state index in [1.165, 1.54) is 30.4 Å². The molecule has 1 N–H and O–H groups in total. The summed E-state index contributed by atoms with van der Waals surface area (Å²) in [5, 5.41) is 6.77. The number of anilines is 1. The normalized spacial score (nSPS) is 23.0. The lowest BCUT2D eigenvalue weighted by Gasteiger charge is -2.50. The molecule has 60 heavy (non-hydrogen) atoms. The molecule has 0 radical (unpaired) electrons. The number of ether oxygens (including phenoxy) is 1. The Bertz CT molecular complexity index is 2520. The summed E-state index contributed by atoms with van der Waals surface area (Å²) in [7, 11) is 0. The summed E-state index contributed by atoms with van der Waals surface area (Å²) in [6.07, 6.45) is -5.55. The monoisotopic (exact) mass is 859 g/mol. The maximum atomic E-state index is 15.4. The molecular formula is C41H37F8N7O3S. The van der Waals surface area contributed by atoms with Gasteiger partial charge in [-0.1, -0.05) is 17.4 Å². The standard InChI is InChI=1S/C41H37F8N7O3S/c1-18-13-54(14-19(2)56(18)25-16-59-17-25)39-52-38-32(60-39)12-27(22-4-5-30(44)26(9-22)20(3)57)35(51-38)31(8-21-6-23(42)10-24(43)7-21)50-33(58)15-55-37-34(36(53-55)41(47,48)49)28-11-29(28)40(37,45)46/h4-7,9-10,12,18-19,25,28-29,31H,8,11,13-17H2,1-3H3,(H,50,58)/t18?,19?,28-,29+,31-/m0/s1. The molecule has 3 fully saturated rings. The minimum Gasteiger partial charge on any atom is -0.378 e. The van der Waals surface area contributed by atoms with Gasteiger partial charge in [0, 0.05) is 48.3 Å². The molecular weight excluding hydrogens is 823 g/mol. The lowest BCUT2D eigenvalue weighted by molar-refractivity contribution is -0.142. The van der Waals surface area contributed by atoms with Crippen molar-refractivity contribution < 1.29 is 49.4 Å². The molecule has 5 aromatic rings. The number of thiazole rings is 1. The van der Waals surface area contributed by atoms with Crippen LogP contribution in [0.5, 0.6) is 0 Å². The lowest BCUT2D eigenvalue weighted by Crippen LogP contribution is -2.64. The molecule has 1 amide bonds. The molecule has 10 nitrogen and oxygen atoms in total. The average molecular weight is 860 g/mol. The number of Topliss-reactive ketones (excluding diaryl/α,β-unsaturated/α-hetero) is 1. The van der Waals surface area contributed by atoms with E-state index in [0.29, 0.717) is 52.9 Å². The van der Waals surface area contributed by atoms with Gasteiger partial charge in [-0.05, 0) is 81.0 Å². The van der Waals surface area contributed by atoms with E-state index >= 15 is 8.78 Å². The Kier molecular flexibility index (Phi) is 9.81. The highest BCUT2D eigenvalue weighted by atomic mass is 32.1. The van der Waals surface area contributed by atoms with Crippen molar-refractivity contribution in [2.45, 2.75) is 82.3 Å². The van der Waals surface area contributed by atoms with Crippen molar-refractivity contribution in [1.29, 1.82) is 0 Å². The number of carbonyl (C=O) groups is 2. The number of piperazine rings is 1. The predicted octanol–water partition coefficient (Wildman–Crippen LogP) is 7.80. The predicted molar refractivity (Wildman–Crippen MR) is 203 cm³/mol. The molecule has 2 saturated heterocycles. The van der Waals surface area contributed by atoms with Crippen molar-refractivity contribution in [1.82, 2.24) is 30.0 Å². The molecule has 316 valence electrons. The number of amides is 1. The topological polar surface area (TPSA) is 105 Å². The number of aromatic nitrogens is 4. The zero-order valence-corrected chi connectivity index (χ0v) is 33.1. The van der Waals surface area contributed by atoms with E-state index in [1.54, 1.807) is 6.07 Å². The summed E-state index contributed by atoms with van der Waals surface area (Å²) in [4.78, 5) is 40.8. The van der Waals surface area contributed by atoms with Gasteiger partial charge in [-0.25, -0.2) is 18.2 Å². The fourth-order valence-corrected chi connectivity index (χ4v) is 10.2. The largest absolute Gasteiger partial charge is 0.435 e. The van der Waals surface area contributed by atoms with E-state index in [4.69, 9.17) is 14.7 Å². The molecule has 2 aliphatic heterocycles. The van der Waals surface area contributed by atoms with Crippen LogP contribution in [0.15, 0.2) is 42.5 Å². The van der Waals surface area contributed by atoms with Crippen molar-refractivity contribution in [3.05, 3.63) is 93.7 Å². The number of rotatable bonds is 10. The van der Waals surface area contributed by atoms with Crippen LogP contribution in [0.4, 0.5) is 40.3 Å². The van der Waals surface area contributed by atoms with Gasteiger partial charge < -0.3 is 15.0 Å². The summed E-state index contributed by atoms with van der Waals surface area (Å²) in [6.45, 7) is 6.97. The Morgan fingerprint density at radius 1 is 1.00 bits per heavy atom. The van der Waals surface area contributed by atoms with E-state index < -0.39 is 82.6 Å². The third-order valence-corrected chi connectivity index (χ3v) is 12.9. The van der Waals surface area contributed by atoms with E-state index in [2.05, 4.69) is 34.1 Å². The average Bonchev–Trinajstić information content (AvgIpc) is 3.59. The number of benzene rings is 2.